The molecular weight excluding hydrogens is 290 g/mol. The highest BCUT2D eigenvalue weighted by Gasteiger charge is 2.16. The Kier molecular flexibility index (Phi) is 5.46. The normalized spacial score (nSPS) is 12.2. The van der Waals surface area contributed by atoms with Gasteiger partial charge in [0.2, 0.25) is 5.82 Å². The minimum atomic E-state index is -1.03. The molecule has 0 amide bonds. The molecule has 1 N–H and O–H groups in total. The molecule has 3 nitrogen and oxygen atoms in total. The van der Waals surface area contributed by atoms with Crippen LogP contribution in [0.5, 0.6) is 5.75 Å². The van der Waals surface area contributed by atoms with Gasteiger partial charge in [0.05, 0.1) is 6.61 Å². The highest BCUT2D eigenvalue weighted by Crippen LogP contribution is 2.30. The lowest BCUT2D eigenvalue weighted by molar-refractivity contribution is -0.0979. The smallest absolute Gasteiger partial charge is 0.201 e. The van der Waals surface area contributed by atoms with Crippen LogP contribution < -0.4 is 4.74 Å². The first kappa shape index (κ1) is 16.4. The molecule has 0 aromatic heterocycles. The molecule has 2 aromatic rings. The van der Waals surface area contributed by atoms with Crippen LogP contribution in [0.15, 0.2) is 36.4 Å². The second-order valence-electron chi connectivity index (χ2n) is 4.60. The van der Waals surface area contributed by atoms with E-state index in [0.717, 1.165) is 0 Å². The molecule has 2 rings (SSSR count). The Morgan fingerprint density at radius 3 is 2.23 bits per heavy atom. The van der Waals surface area contributed by atoms with E-state index in [1.165, 1.54) is 12.1 Å². The van der Waals surface area contributed by atoms with E-state index in [9.17, 15) is 13.9 Å². The van der Waals surface area contributed by atoms with E-state index in [2.05, 4.69) is 0 Å². The van der Waals surface area contributed by atoms with Gasteiger partial charge in [-0.25, -0.2) is 4.39 Å². The molecule has 0 fully saturated rings. The SMILES string of the molecule is CCOc1ccc(-c2ccc(C(O)OCC)cc2)c(F)c1F. The molecule has 0 aliphatic rings. The van der Waals surface area contributed by atoms with Crippen molar-refractivity contribution in [1.29, 1.82) is 0 Å². The van der Waals surface area contributed by atoms with Crippen molar-refractivity contribution in [1.82, 2.24) is 0 Å². The number of hydrogen-bond acceptors (Lipinski definition) is 3. The van der Waals surface area contributed by atoms with Gasteiger partial charge in [-0.3, -0.25) is 0 Å². The topological polar surface area (TPSA) is 38.7 Å². The largest absolute Gasteiger partial charge is 0.491 e. The molecule has 0 heterocycles. The fourth-order valence-corrected chi connectivity index (χ4v) is 2.10. The summed E-state index contributed by atoms with van der Waals surface area (Å²) >= 11 is 0. The monoisotopic (exact) mass is 308 g/mol. The molecule has 0 spiro atoms. The highest BCUT2D eigenvalue weighted by molar-refractivity contribution is 5.65. The second-order valence-corrected chi connectivity index (χ2v) is 4.60. The summed E-state index contributed by atoms with van der Waals surface area (Å²) in [6.07, 6.45) is -1.03. The molecule has 0 saturated heterocycles. The van der Waals surface area contributed by atoms with Gasteiger partial charge in [0, 0.05) is 17.7 Å². The number of hydrogen-bond donors (Lipinski definition) is 1. The van der Waals surface area contributed by atoms with Gasteiger partial charge in [-0.2, -0.15) is 4.39 Å². The molecule has 118 valence electrons. The lowest BCUT2D eigenvalue weighted by Crippen LogP contribution is -2.02. The van der Waals surface area contributed by atoms with Crippen LogP contribution in [0.25, 0.3) is 11.1 Å². The molecule has 0 saturated carbocycles. The highest BCUT2D eigenvalue weighted by atomic mass is 19.2. The number of benzene rings is 2. The van der Waals surface area contributed by atoms with Crippen LogP contribution in [0.4, 0.5) is 8.78 Å². The quantitative estimate of drug-likeness (QED) is 0.818. The first-order valence-corrected chi connectivity index (χ1v) is 7.09. The predicted molar refractivity (Wildman–Crippen MR) is 79.5 cm³/mol. The second kappa shape index (κ2) is 7.33. The summed E-state index contributed by atoms with van der Waals surface area (Å²) in [6.45, 7) is 4.12. The summed E-state index contributed by atoms with van der Waals surface area (Å²) in [4.78, 5) is 0. The number of aliphatic hydroxyl groups excluding tert-OH is 1. The number of rotatable bonds is 6. The zero-order valence-electron chi connectivity index (χ0n) is 12.5. The van der Waals surface area contributed by atoms with Crippen LogP contribution in [0.2, 0.25) is 0 Å². The Hall–Kier alpha value is -1.98. The summed E-state index contributed by atoms with van der Waals surface area (Å²) < 4.78 is 38.1. The Morgan fingerprint density at radius 1 is 0.955 bits per heavy atom. The molecule has 22 heavy (non-hydrogen) atoms. The molecule has 5 heteroatoms. The third-order valence-corrected chi connectivity index (χ3v) is 3.18. The first-order chi connectivity index (χ1) is 10.6. The van der Waals surface area contributed by atoms with Crippen LogP contribution in [0.3, 0.4) is 0 Å². The lowest BCUT2D eigenvalue weighted by atomic mass is 10.0. The van der Waals surface area contributed by atoms with Crippen molar-refractivity contribution in [2.24, 2.45) is 0 Å². The molecule has 0 aliphatic carbocycles. The fourth-order valence-electron chi connectivity index (χ4n) is 2.10. The maximum Gasteiger partial charge on any atom is 0.201 e. The van der Waals surface area contributed by atoms with Gasteiger partial charge >= 0.3 is 0 Å². The Balaban J connectivity index is 2.30. The summed E-state index contributed by atoms with van der Waals surface area (Å²) in [5, 5.41) is 9.70. The van der Waals surface area contributed by atoms with Crippen molar-refractivity contribution < 1.29 is 23.4 Å². The van der Waals surface area contributed by atoms with Crippen LogP contribution in [-0.2, 0) is 4.74 Å². The Morgan fingerprint density at radius 2 is 1.64 bits per heavy atom. The first-order valence-electron chi connectivity index (χ1n) is 7.09. The standard InChI is InChI=1S/C17H18F2O3/c1-3-21-14-10-9-13(15(18)16(14)19)11-5-7-12(8-6-11)17(20)22-4-2/h5-10,17,20H,3-4H2,1-2H3. The van der Waals surface area contributed by atoms with Gasteiger partial charge in [0.25, 0.3) is 0 Å². The minimum Gasteiger partial charge on any atom is -0.491 e. The molecular formula is C17H18F2O3. The fraction of sp³-hybridized carbons (Fsp3) is 0.294. The Labute approximate surface area is 128 Å². The van der Waals surface area contributed by atoms with E-state index < -0.39 is 17.9 Å². The minimum absolute atomic E-state index is 0.105. The molecule has 0 aliphatic heterocycles. The van der Waals surface area contributed by atoms with Crippen LogP contribution in [0.1, 0.15) is 25.7 Å². The maximum absolute atomic E-state index is 14.1. The molecule has 1 atom stereocenters. The predicted octanol–water partition coefficient (Wildman–Crippen LogP) is 4.06. The molecule has 0 radical (unpaired) electrons. The van der Waals surface area contributed by atoms with E-state index in [4.69, 9.17) is 9.47 Å². The number of aliphatic hydroxyl groups is 1. The van der Waals surface area contributed by atoms with Crippen molar-refractivity contribution in [3.63, 3.8) is 0 Å². The molecule has 0 bridgehead atoms. The van der Waals surface area contributed by atoms with Crippen molar-refractivity contribution in [2.75, 3.05) is 13.2 Å². The van der Waals surface area contributed by atoms with E-state index in [-0.39, 0.29) is 17.9 Å². The zero-order chi connectivity index (χ0) is 16.1. The number of halogens is 2. The summed E-state index contributed by atoms with van der Waals surface area (Å²) in [6, 6.07) is 9.32. The van der Waals surface area contributed by atoms with E-state index in [1.54, 1.807) is 38.1 Å². The van der Waals surface area contributed by atoms with Gasteiger partial charge in [-0.15, -0.1) is 0 Å². The van der Waals surface area contributed by atoms with E-state index in [1.807, 2.05) is 0 Å². The van der Waals surface area contributed by atoms with Gasteiger partial charge in [-0.05, 0) is 31.5 Å². The average Bonchev–Trinajstić information content (AvgIpc) is 2.53. The van der Waals surface area contributed by atoms with Gasteiger partial charge < -0.3 is 14.6 Å². The number of ether oxygens (including phenoxy) is 2. The summed E-state index contributed by atoms with van der Waals surface area (Å²) in [7, 11) is 0. The van der Waals surface area contributed by atoms with Crippen LogP contribution >= 0.6 is 0 Å². The summed E-state index contributed by atoms with van der Waals surface area (Å²) in [5.41, 5.74) is 1.20. The average molecular weight is 308 g/mol. The van der Waals surface area contributed by atoms with E-state index in [0.29, 0.717) is 17.7 Å². The van der Waals surface area contributed by atoms with Gasteiger partial charge in [0.15, 0.2) is 17.9 Å². The molecule has 1 unspecified atom stereocenters. The van der Waals surface area contributed by atoms with Crippen molar-refractivity contribution in [2.45, 2.75) is 20.1 Å². The third-order valence-electron chi connectivity index (χ3n) is 3.18. The zero-order valence-corrected chi connectivity index (χ0v) is 12.5. The Bertz CT molecular complexity index is 627. The molecule has 2 aromatic carbocycles. The van der Waals surface area contributed by atoms with Gasteiger partial charge in [-0.1, -0.05) is 24.3 Å². The van der Waals surface area contributed by atoms with Gasteiger partial charge in [0.1, 0.15) is 0 Å². The van der Waals surface area contributed by atoms with Crippen molar-refractivity contribution in [3.8, 4) is 16.9 Å². The third kappa shape index (κ3) is 3.43. The van der Waals surface area contributed by atoms with Crippen LogP contribution in [-0.4, -0.2) is 18.3 Å². The van der Waals surface area contributed by atoms with E-state index >= 15 is 0 Å². The van der Waals surface area contributed by atoms with Crippen LogP contribution in [0, 0.1) is 11.6 Å². The lowest BCUT2D eigenvalue weighted by Gasteiger charge is -2.12. The van der Waals surface area contributed by atoms with Crippen molar-refractivity contribution >= 4 is 0 Å². The van der Waals surface area contributed by atoms with Crippen molar-refractivity contribution in [3.05, 3.63) is 53.6 Å². The maximum atomic E-state index is 14.1. The summed E-state index contributed by atoms with van der Waals surface area (Å²) in [5.74, 6) is -2.06.